The van der Waals surface area contributed by atoms with E-state index in [1.54, 1.807) is 0 Å². The van der Waals surface area contributed by atoms with E-state index in [-0.39, 0.29) is 0 Å². The Hall–Kier alpha value is -0.130. The summed E-state index contributed by atoms with van der Waals surface area (Å²) in [5.74, 6) is 0. The summed E-state index contributed by atoms with van der Waals surface area (Å²) in [5, 5.41) is 13.9. The van der Waals surface area contributed by atoms with Crippen LogP contribution in [0.4, 0.5) is 0 Å². The Labute approximate surface area is 117 Å². The summed E-state index contributed by atoms with van der Waals surface area (Å²) in [5.41, 5.74) is 0.760. The van der Waals surface area contributed by atoms with Crippen molar-refractivity contribution in [3.8, 4) is 0 Å². The highest BCUT2D eigenvalue weighted by atomic mass is 127. The van der Waals surface area contributed by atoms with Crippen LogP contribution in [0.1, 0.15) is 31.2 Å². The summed E-state index contributed by atoms with van der Waals surface area (Å²) >= 11 is 2.31. The van der Waals surface area contributed by atoms with Gasteiger partial charge in [0.15, 0.2) is 0 Å². The van der Waals surface area contributed by atoms with E-state index in [1.807, 2.05) is 7.05 Å². The molecule has 0 radical (unpaired) electrons. The van der Waals surface area contributed by atoms with Crippen LogP contribution in [-0.4, -0.2) is 23.8 Å². The molecule has 0 bridgehead atoms. The number of nitrogens with one attached hydrogen (secondary N) is 1. The van der Waals surface area contributed by atoms with Gasteiger partial charge in [-0.2, -0.15) is 0 Å². The third kappa shape index (κ3) is 3.66. The molecule has 0 atom stereocenters. The number of halogens is 1. The molecule has 1 saturated carbocycles. The zero-order valence-corrected chi connectivity index (χ0v) is 12.4. The van der Waals surface area contributed by atoms with Crippen molar-refractivity contribution in [3.05, 3.63) is 33.4 Å². The predicted molar refractivity (Wildman–Crippen MR) is 79.1 cm³/mol. The number of benzene rings is 1. The third-order valence-corrected chi connectivity index (χ3v) is 4.49. The summed E-state index contributed by atoms with van der Waals surface area (Å²) in [6.45, 7) is 0. The van der Waals surface area contributed by atoms with Gasteiger partial charge >= 0.3 is 0 Å². The second-order valence-corrected chi connectivity index (χ2v) is 6.34. The predicted octanol–water partition coefficient (Wildman–Crippen LogP) is 2.73. The topological polar surface area (TPSA) is 32.3 Å². The molecule has 2 nitrogen and oxygen atoms in total. The fourth-order valence-electron chi connectivity index (χ4n) is 2.60. The zero-order valence-electron chi connectivity index (χ0n) is 10.2. The lowest BCUT2D eigenvalue weighted by atomic mass is 9.78. The van der Waals surface area contributed by atoms with Gasteiger partial charge in [0.1, 0.15) is 0 Å². The Morgan fingerprint density at radius 3 is 2.41 bits per heavy atom. The second-order valence-electron chi connectivity index (χ2n) is 5.09. The first-order valence-electron chi connectivity index (χ1n) is 6.25. The summed E-state index contributed by atoms with van der Waals surface area (Å²) in [6.07, 6.45) is 4.77. The van der Waals surface area contributed by atoms with Crippen LogP contribution in [0.2, 0.25) is 0 Å². The maximum Gasteiger partial charge on any atom is 0.0689 e. The van der Waals surface area contributed by atoms with Gasteiger partial charge in [0.05, 0.1) is 5.60 Å². The van der Waals surface area contributed by atoms with Gasteiger partial charge in [-0.15, -0.1) is 0 Å². The largest absolute Gasteiger partial charge is 0.390 e. The van der Waals surface area contributed by atoms with Crippen molar-refractivity contribution in [1.29, 1.82) is 0 Å². The fraction of sp³-hybridized carbons (Fsp3) is 0.571. The third-order valence-electron chi connectivity index (χ3n) is 3.77. The molecule has 0 heterocycles. The Kier molecular flexibility index (Phi) is 4.44. The van der Waals surface area contributed by atoms with E-state index in [4.69, 9.17) is 0 Å². The van der Waals surface area contributed by atoms with Gasteiger partial charge in [-0.25, -0.2) is 0 Å². The lowest BCUT2D eigenvalue weighted by Crippen LogP contribution is -2.41. The molecule has 17 heavy (non-hydrogen) atoms. The van der Waals surface area contributed by atoms with Crippen molar-refractivity contribution in [2.75, 3.05) is 7.05 Å². The first-order valence-corrected chi connectivity index (χ1v) is 7.33. The first-order chi connectivity index (χ1) is 8.11. The molecule has 0 aromatic heterocycles. The molecule has 1 aliphatic rings. The highest BCUT2D eigenvalue weighted by Gasteiger charge is 2.32. The Balaban J connectivity index is 1.96. The van der Waals surface area contributed by atoms with Crippen molar-refractivity contribution in [3.63, 3.8) is 0 Å². The highest BCUT2D eigenvalue weighted by molar-refractivity contribution is 14.1. The molecule has 94 valence electrons. The Bertz CT molecular complexity index is 355. The summed E-state index contributed by atoms with van der Waals surface area (Å²) in [6, 6.07) is 9.07. The second kappa shape index (κ2) is 5.67. The van der Waals surface area contributed by atoms with Crippen molar-refractivity contribution in [2.24, 2.45) is 0 Å². The molecule has 0 saturated heterocycles. The average molecular weight is 345 g/mol. The molecule has 1 aromatic carbocycles. The minimum atomic E-state index is -0.486. The minimum Gasteiger partial charge on any atom is -0.390 e. The molecule has 1 aliphatic carbocycles. The van der Waals surface area contributed by atoms with Gasteiger partial charge in [-0.3, -0.25) is 0 Å². The van der Waals surface area contributed by atoms with Crippen LogP contribution < -0.4 is 5.32 Å². The van der Waals surface area contributed by atoms with Crippen LogP contribution in [-0.2, 0) is 6.42 Å². The van der Waals surface area contributed by atoms with E-state index in [0.29, 0.717) is 6.04 Å². The van der Waals surface area contributed by atoms with Crippen LogP contribution in [0.15, 0.2) is 24.3 Å². The fourth-order valence-corrected chi connectivity index (χ4v) is 2.96. The monoisotopic (exact) mass is 345 g/mol. The number of hydrogen-bond donors (Lipinski definition) is 2. The molecular weight excluding hydrogens is 325 g/mol. The van der Waals surface area contributed by atoms with Crippen molar-refractivity contribution in [1.82, 2.24) is 5.32 Å². The lowest BCUT2D eigenvalue weighted by Gasteiger charge is -2.36. The first kappa shape index (κ1) is 13.3. The van der Waals surface area contributed by atoms with Gasteiger partial charge in [0, 0.05) is 16.0 Å². The van der Waals surface area contributed by atoms with Gasteiger partial charge in [-0.1, -0.05) is 12.1 Å². The van der Waals surface area contributed by atoms with Gasteiger partial charge in [0.25, 0.3) is 0 Å². The van der Waals surface area contributed by atoms with E-state index in [9.17, 15) is 5.11 Å². The smallest absolute Gasteiger partial charge is 0.0689 e. The molecule has 1 fully saturated rings. The van der Waals surface area contributed by atoms with Crippen LogP contribution in [0.25, 0.3) is 0 Å². The zero-order chi connectivity index (χ0) is 12.3. The maximum absolute atomic E-state index is 10.6. The highest BCUT2D eigenvalue weighted by Crippen LogP contribution is 2.31. The van der Waals surface area contributed by atoms with Crippen molar-refractivity contribution < 1.29 is 5.11 Å². The maximum atomic E-state index is 10.6. The van der Waals surface area contributed by atoms with Crippen LogP contribution in [0, 0.1) is 3.57 Å². The van der Waals surface area contributed by atoms with Crippen LogP contribution >= 0.6 is 22.6 Å². The molecule has 3 heteroatoms. The number of aliphatic hydroxyl groups is 1. The van der Waals surface area contributed by atoms with E-state index < -0.39 is 5.60 Å². The van der Waals surface area contributed by atoms with Gasteiger partial charge in [-0.05, 0) is 73.0 Å². The normalized spacial score (nSPS) is 29.2. The van der Waals surface area contributed by atoms with E-state index in [2.05, 4.69) is 52.2 Å². The average Bonchev–Trinajstić information content (AvgIpc) is 2.33. The summed E-state index contributed by atoms with van der Waals surface area (Å²) < 4.78 is 1.25. The van der Waals surface area contributed by atoms with E-state index in [0.717, 1.165) is 32.1 Å². The standard InChI is InChI=1S/C14H20INO/c1-16-13-6-8-14(17,9-7-13)10-11-2-4-12(15)5-3-11/h2-5,13,16-17H,6-10H2,1H3. The van der Waals surface area contributed by atoms with Crippen molar-refractivity contribution >= 4 is 22.6 Å². The Morgan fingerprint density at radius 2 is 1.88 bits per heavy atom. The quantitative estimate of drug-likeness (QED) is 0.826. The lowest BCUT2D eigenvalue weighted by molar-refractivity contribution is -0.00242. The minimum absolute atomic E-state index is 0.486. The van der Waals surface area contributed by atoms with Crippen LogP contribution in [0.5, 0.6) is 0 Å². The molecule has 0 unspecified atom stereocenters. The molecule has 0 spiro atoms. The van der Waals surface area contributed by atoms with E-state index >= 15 is 0 Å². The molecule has 2 N–H and O–H groups in total. The van der Waals surface area contributed by atoms with Crippen molar-refractivity contribution in [2.45, 2.75) is 43.7 Å². The number of hydrogen-bond acceptors (Lipinski definition) is 2. The van der Waals surface area contributed by atoms with Crippen LogP contribution in [0.3, 0.4) is 0 Å². The Morgan fingerprint density at radius 1 is 1.29 bits per heavy atom. The molecule has 2 rings (SSSR count). The molecule has 0 amide bonds. The van der Waals surface area contributed by atoms with E-state index in [1.165, 1.54) is 9.13 Å². The molecular formula is C14H20INO. The molecule has 0 aliphatic heterocycles. The number of rotatable bonds is 3. The van der Waals surface area contributed by atoms with Gasteiger partial charge in [0.2, 0.25) is 0 Å². The molecule has 1 aromatic rings. The summed E-state index contributed by atoms with van der Waals surface area (Å²) in [4.78, 5) is 0. The summed E-state index contributed by atoms with van der Waals surface area (Å²) in [7, 11) is 2.01. The van der Waals surface area contributed by atoms with Gasteiger partial charge < -0.3 is 10.4 Å². The SMILES string of the molecule is CNC1CCC(O)(Cc2ccc(I)cc2)CC1.